The number of nitrogens with zero attached hydrogens (tertiary/aromatic N) is 2. The number of carbonyl (C=O) groups is 1. The molecule has 0 radical (unpaired) electrons. The third kappa shape index (κ3) is 4.43. The van der Waals surface area contributed by atoms with E-state index in [0.717, 1.165) is 39.6 Å². The van der Waals surface area contributed by atoms with Crippen molar-refractivity contribution < 1.29 is 14.3 Å². The van der Waals surface area contributed by atoms with Gasteiger partial charge in [0.05, 0.1) is 18.8 Å². The van der Waals surface area contributed by atoms with Crippen molar-refractivity contribution in [3.05, 3.63) is 46.6 Å². The fourth-order valence-electron chi connectivity index (χ4n) is 4.22. The summed E-state index contributed by atoms with van der Waals surface area (Å²) < 4.78 is 14.3. The standard InChI is InChI=1S/C23H28N2O3S2/c1-5-27-21(26)20-11-17-10-15(16-8-9-28-23(2,3)12-16)6-7-19(17)25(20)14-18-13-24-22(29-4)30-18/h6-7,10-11,13,16H,5,8-9,12,14H2,1-4H3/t16-/m0/s1. The summed E-state index contributed by atoms with van der Waals surface area (Å²) in [4.78, 5) is 18.2. The number of esters is 1. The van der Waals surface area contributed by atoms with Crippen molar-refractivity contribution in [2.75, 3.05) is 19.5 Å². The lowest BCUT2D eigenvalue weighted by molar-refractivity contribution is -0.0592. The molecule has 0 aliphatic carbocycles. The number of benzene rings is 1. The molecule has 3 heterocycles. The van der Waals surface area contributed by atoms with Crippen LogP contribution in [0.2, 0.25) is 0 Å². The number of rotatable bonds is 6. The minimum absolute atomic E-state index is 0.0962. The van der Waals surface area contributed by atoms with Crippen LogP contribution < -0.4 is 0 Å². The second-order valence-electron chi connectivity index (χ2n) is 8.25. The lowest BCUT2D eigenvalue weighted by Crippen LogP contribution is -2.32. The van der Waals surface area contributed by atoms with Crippen LogP contribution in [0.15, 0.2) is 34.8 Å². The Balaban J connectivity index is 1.72. The predicted molar refractivity (Wildman–Crippen MR) is 123 cm³/mol. The number of aromatic nitrogens is 2. The third-order valence-corrected chi connectivity index (χ3v) is 7.58. The highest BCUT2D eigenvalue weighted by atomic mass is 32.2. The molecule has 0 unspecified atom stereocenters. The fourth-order valence-corrected chi connectivity index (χ4v) is 5.66. The highest BCUT2D eigenvalue weighted by molar-refractivity contribution is 8.00. The maximum Gasteiger partial charge on any atom is 0.354 e. The van der Waals surface area contributed by atoms with Crippen LogP contribution in [0.25, 0.3) is 10.9 Å². The molecule has 160 valence electrons. The number of thiazole rings is 1. The van der Waals surface area contributed by atoms with Gasteiger partial charge < -0.3 is 14.0 Å². The van der Waals surface area contributed by atoms with E-state index in [1.165, 1.54) is 5.56 Å². The van der Waals surface area contributed by atoms with E-state index in [0.29, 0.717) is 24.8 Å². The summed E-state index contributed by atoms with van der Waals surface area (Å²) in [5.74, 6) is 0.190. The van der Waals surface area contributed by atoms with Crippen LogP contribution >= 0.6 is 23.1 Å². The van der Waals surface area contributed by atoms with Gasteiger partial charge in [-0.3, -0.25) is 0 Å². The van der Waals surface area contributed by atoms with E-state index in [1.54, 1.807) is 23.1 Å². The smallest absolute Gasteiger partial charge is 0.354 e. The van der Waals surface area contributed by atoms with Gasteiger partial charge in [-0.05, 0) is 69.5 Å². The molecule has 30 heavy (non-hydrogen) atoms. The van der Waals surface area contributed by atoms with Crippen molar-refractivity contribution >= 4 is 40.0 Å². The van der Waals surface area contributed by atoms with Crippen molar-refractivity contribution in [2.24, 2.45) is 0 Å². The number of ether oxygens (including phenoxy) is 2. The van der Waals surface area contributed by atoms with E-state index in [9.17, 15) is 4.79 Å². The Kier molecular flexibility index (Phi) is 6.23. The molecule has 0 saturated carbocycles. The first-order chi connectivity index (χ1) is 14.4. The van der Waals surface area contributed by atoms with E-state index in [2.05, 4.69) is 41.6 Å². The van der Waals surface area contributed by atoms with Crippen molar-refractivity contribution in [2.45, 2.75) is 56.0 Å². The van der Waals surface area contributed by atoms with Crippen LogP contribution in [0.4, 0.5) is 0 Å². The van der Waals surface area contributed by atoms with Crippen LogP contribution in [0.3, 0.4) is 0 Å². The minimum atomic E-state index is -0.281. The largest absolute Gasteiger partial charge is 0.461 e. The molecule has 1 fully saturated rings. The monoisotopic (exact) mass is 444 g/mol. The van der Waals surface area contributed by atoms with Gasteiger partial charge in [0.25, 0.3) is 0 Å². The Morgan fingerprint density at radius 3 is 2.93 bits per heavy atom. The van der Waals surface area contributed by atoms with Crippen LogP contribution in [-0.4, -0.2) is 40.6 Å². The average molecular weight is 445 g/mol. The molecule has 3 aromatic rings. The van der Waals surface area contributed by atoms with E-state index >= 15 is 0 Å². The summed E-state index contributed by atoms with van der Waals surface area (Å²) in [7, 11) is 0. The molecule has 0 amide bonds. The molecule has 1 atom stereocenters. The number of carbonyl (C=O) groups excluding carboxylic acids is 1. The van der Waals surface area contributed by atoms with Gasteiger partial charge >= 0.3 is 5.97 Å². The van der Waals surface area contributed by atoms with E-state index < -0.39 is 0 Å². The van der Waals surface area contributed by atoms with Gasteiger partial charge in [-0.15, -0.1) is 11.3 Å². The molecular formula is C23H28N2O3S2. The summed E-state index contributed by atoms with van der Waals surface area (Å²) in [5, 5.41) is 1.08. The molecule has 1 aliphatic heterocycles. The second kappa shape index (κ2) is 8.73. The van der Waals surface area contributed by atoms with Gasteiger partial charge in [0.1, 0.15) is 10.0 Å². The molecule has 1 aromatic carbocycles. The van der Waals surface area contributed by atoms with E-state index in [4.69, 9.17) is 9.47 Å². The van der Waals surface area contributed by atoms with Gasteiger partial charge in [-0.25, -0.2) is 9.78 Å². The molecule has 0 bridgehead atoms. The molecular weight excluding hydrogens is 416 g/mol. The summed E-state index contributed by atoms with van der Waals surface area (Å²) in [6.07, 6.45) is 5.95. The zero-order valence-electron chi connectivity index (χ0n) is 17.9. The number of fused-ring (bicyclic) bond motifs is 1. The molecule has 7 heteroatoms. The highest BCUT2D eigenvalue weighted by Crippen LogP contribution is 2.37. The Labute approximate surface area is 185 Å². The van der Waals surface area contributed by atoms with Gasteiger partial charge in [0.15, 0.2) is 0 Å². The SMILES string of the molecule is CCOC(=O)c1cc2cc([C@H]3CCOC(C)(C)C3)ccc2n1Cc1cnc(SC)s1. The van der Waals surface area contributed by atoms with Crippen LogP contribution in [-0.2, 0) is 16.0 Å². The Bertz CT molecular complexity index is 1050. The molecule has 0 N–H and O–H groups in total. The number of hydrogen-bond donors (Lipinski definition) is 0. The molecule has 5 nitrogen and oxygen atoms in total. The van der Waals surface area contributed by atoms with Crippen molar-refractivity contribution in [1.29, 1.82) is 0 Å². The van der Waals surface area contributed by atoms with E-state index in [1.807, 2.05) is 25.4 Å². The Morgan fingerprint density at radius 1 is 1.40 bits per heavy atom. The van der Waals surface area contributed by atoms with E-state index in [-0.39, 0.29) is 11.6 Å². The first kappa shape index (κ1) is 21.4. The van der Waals surface area contributed by atoms with Gasteiger partial charge in [0, 0.05) is 28.6 Å². The first-order valence-corrected chi connectivity index (χ1v) is 12.4. The molecule has 2 aromatic heterocycles. The molecule has 1 saturated heterocycles. The summed E-state index contributed by atoms with van der Waals surface area (Å²) in [5.41, 5.74) is 2.86. The Morgan fingerprint density at radius 2 is 2.23 bits per heavy atom. The summed E-state index contributed by atoms with van der Waals surface area (Å²) >= 11 is 3.30. The number of thioether (sulfide) groups is 1. The third-order valence-electron chi connectivity index (χ3n) is 5.60. The second-order valence-corrected chi connectivity index (χ2v) is 10.4. The van der Waals surface area contributed by atoms with Crippen molar-refractivity contribution in [1.82, 2.24) is 9.55 Å². The van der Waals surface area contributed by atoms with Gasteiger partial charge in [-0.1, -0.05) is 17.8 Å². The highest BCUT2D eigenvalue weighted by Gasteiger charge is 2.30. The normalized spacial score (nSPS) is 18.6. The van der Waals surface area contributed by atoms with Gasteiger partial charge in [-0.2, -0.15) is 0 Å². The first-order valence-electron chi connectivity index (χ1n) is 10.3. The lowest BCUT2D eigenvalue weighted by atomic mass is 9.83. The quantitative estimate of drug-likeness (QED) is 0.360. The maximum absolute atomic E-state index is 12.7. The average Bonchev–Trinajstić information content (AvgIpc) is 3.32. The fraction of sp³-hybridized carbons (Fsp3) is 0.478. The van der Waals surface area contributed by atoms with Crippen molar-refractivity contribution in [3.8, 4) is 0 Å². The summed E-state index contributed by atoms with van der Waals surface area (Å²) in [6.45, 7) is 7.91. The maximum atomic E-state index is 12.7. The van der Waals surface area contributed by atoms with Crippen LogP contribution in [0.5, 0.6) is 0 Å². The Hall–Kier alpha value is -1.83. The zero-order chi connectivity index (χ0) is 21.3. The van der Waals surface area contributed by atoms with Gasteiger partial charge in [0.2, 0.25) is 0 Å². The lowest BCUT2D eigenvalue weighted by Gasteiger charge is -2.35. The van der Waals surface area contributed by atoms with Crippen LogP contribution in [0.1, 0.15) is 60.5 Å². The molecule has 1 aliphatic rings. The summed E-state index contributed by atoms with van der Waals surface area (Å²) in [6, 6.07) is 8.56. The predicted octanol–water partition coefficient (Wildman–Crippen LogP) is 5.72. The topological polar surface area (TPSA) is 53.4 Å². The minimum Gasteiger partial charge on any atom is -0.461 e. The van der Waals surface area contributed by atoms with Crippen molar-refractivity contribution in [3.63, 3.8) is 0 Å². The number of hydrogen-bond acceptors (Lipinski definition) is 6. The molecule has 4 rings (SSSR count). The zero-order valence-corrected chi connectivity index (χ0v) is 19.6. The molecule has 0 spiro atoms. The van der Waals surface area contributed by atoms with Crippen LogP contribution in [0, 0.1) is 0 Å².